The molecule has 7 heteroatoms. The summed E-state index contributed by atoms with van der Waals surface area (Å²) >= 11 is 1.67. The quantitative estimate of drug-likeness (QED) is 0.877. The number of anilines is 1. The Balaban J connectivity index is 1.25. The lowest BCUT2D eigenvalue weighted by Crippen LogP contribution is -2.34. The second-order valence-corrected chi connectivity index (χ2v) is 7.50. The van der Waals surface area contributed by atoms with Crippen LogP contribution in [0.5, 0.6) is 0 Å². The summed E-state index contributed by atoms with van der Waals surface area (Å²) in [4.78, 5) is 11.6. The summed E-state index contributed by atoms with van der Waals surface area (Å²) in [5.74, 6) is 3.00. The standard InChI is InChI=1S/C16H23N5OS/c1-17-16-18-13(10-23-16)9-21-6-4-11(5-7-21)8-14-19-15(22-20-14)12-2-3-12/h10-12H,2-9H2,1H3,(H,17,18). The monoisotopic (exact) mass is 333 g/mol. The first kappa shape index (κ1) is 15.1. The van der Waals surface area contributed by atoms with Crippen LogP contribution in [0.25, 0.3) is 0 Å². The minimum Gasteiger partial charge on any atom is -0.365 e. The summed E-state index contributed by atoms with van der Waals surface area (Å²) in [6.45, 7) is 3.22. The van der Waals surface area contributed by atoms with E-state index in [0.29, 0.717) is 11.8 Å². The van der Waals surface area contributed by atoms with Crippen LogP contribution in [0.3, 0.4) is 0 Å². The van der Waals surface area contributed by atoms with Gasteiger partial charge in [-0.25, -0.2) is 4.98 Å². The lowest BCUT2D eigenvalue weighted by Gasteiger charge is -2.30. The van der Waals surface area contributed by atoms with Gasteiger partial charge in [0.15, 0.2) is 11.0 Å². The molecule has 1 N–H and O–H groups in total. The summed E-state index contributed by atoms with van der Waals surface area (Å²) in [5, 5.41) is 10.4. The third-order valence-corrected chi connectivity index (χ3v) is 5.65. The zero-order valence-electron chi connectivity index (χ0n) is 13.5. The molecule has 0 bridgehead atoms. The fraction of sp³-hybridized carbons (Fsp3) is 0.688. The normalized spacial score (nSPS) is 20.0. The van der Waals surface area contributed by atoms with Crippen LogP contribution in [0.15, 0.2) is 9.90 Å². The van der Waals surface area contributed by atoms with Gasteiger partial charge in [0, 0.05) is 31.3 Å². The van der Waals surface area contributed by atoms with E-state index in [1.807, 2.05) is 7.05 Å². The lowest BCUT2D eigenvalue weighted by molar-refractivity contribution is 0.174. The Morgan fingerprint density at radius 1 is 1.26 bits per heavy atom. The third kappa shape index (κ3) is 3.72. The number of nitrogens with one attached hydrogen (secondary N) is 1. The highest BCUT2D eigenvalue weighted by Gasteiger charge is 2.30. The van der Waals surface area contributed by atoms with Crippen molar-refractivity contribution in [2.24, 2.45) is 5.92 Å². The van der Waals surface area contributed by atoms with E-state index in [-0.39, 0.29) is 0 Å². The minimum absolute atomic E-state index is 0.554. The van der Waals surface area contributed by atoms with Crippen LogP contribution >= 0.6 is 11.3 Å². The van der Waals surface area contributed by atoms with Crippen LogP contribution < -0.4 is 5.32 Å². The molecule has 0 spiro atoms. The summed E-state index contributed by atoms with van der Waals surface area (Å²) in [7, 11) is 1.92. The molecule has 23 heavy (non-hydrogen) atoms. The number of piperidine rings is 1. The number of thiazole rings is 1. The zero-order chi connectivity index (χ0) is 15.6. The fourth-order valence-electron chi connectivity index (χ4n) is 3.18. The molecular formula is C16H23N5OS. The number of rotatable bonds is 6. The summed E-state index contributed by atoms with van der Waals surface area (Å²) in [5.41, 5.74) is 1.17. The predicted octanol–water partition coefficient (Wildman–Crippen LogP) is 2.90. The van der Waals surface area contributed by atoms with Crippen LogP contribution in [0.4, 0.5) is 5.13 Å². The number of aromatic nitrogens is 3. The van der Waals surface area contributed by atoms with Crippen molar-refractivity contribution in [2.75, 3.05) is 25.5 Å². The highest BCUT2D eigenvalue weighted by molar-refractivity contribution is 7.13. The molecule has 4 rings (SSSR count). The smallest absolute Gasteiger partial charge is 0.229 e. The molecule has 1 saturated carbocycles. The van der Waals surface area contributed by atoms with E-state index in [9.17, 15) is 0 Å². The molecule has 0 aromatic carbocycles. The van der Waals surface area contributed by atoms with Gasteiger partial charge in [-0.3, -0.25) is 4.90 Å². The average Bonchev–Trinajstić information content (AvgIpc) is 3.15. The zero-order valence-corrected chi connectivity index (χ0v) is 14.3. The Bertz CT molecular complexity index is 642. The van der Waals surface area contributed by atoms with Crippen molar-refractivity contribution in [3.63, 3.8) is 0 Å². The Morgan fingerprint density at radius 3 is 2.78 bits per heavy atom. The first-order chi connectivity index (χ1) is 11.3. The maximum atomic E-state index is 5.36. The maximum Gasteiger partial charge on any atom is 0.229 e. The predicted molar refractivity (Wildman–Crippen MR) is 89.6 cm³/mol. The minimum atomic E-state index is 0.554. The Kier molecular flexibility index (Phi) is 4.31. The van der Waals surface area contributed by atoms with E-state index in [1.165, 1.54) is 31.4 Å². The van der Waals surface area contributed by atoms with Gasteiger partial charge in [0.1, 0.15) is 0 Å². The van der Waals surface area contributed by atoms with E-state index in [1.54, 1.807) is 11.3 Å². The van der Waals surface area contributed by atoms with Crippen LogP contribution in [0, 0.1) is 5.92 Å². The van der Waals surface area contributed by atoms with E-state index >= 15 is 0 Å². The molecule has 6 nitrogen and oxygen atoms in total. The van der Waals surface area contributed by atoms with Crippen molar-refractivity contribution in [1.82, 2.24) is 20.0 Å². The van der Waals surface area contributed by atoms with Crippen molar-refractivity contribution < 1.29 is 4.52 Å². The van der Waals surface area contributed by atoms with Crippen molar-refractivity contribution in [2.45, 2.75) is 44.6 Å². The lowest BCUT2D eigenvalue weighted by atomic mass is 9.93. The molecule has 0 amide bonds. The molecule has 1 aliphatic heterocycles. The average molecular weight is 333 g/mol. The molecule has 2 aromatic heterocycles. The van der Waals surface area contributed by atoms with E-state index in [4.69, 9.17) is 4.52 Å². The second-order valence-electron chi connectivity index (χ2n) is 6.64. The summed E-state index contributed by atoms with van der Waals surface area (Å²) in [6, 6.07) is 0. The molecule has 1 aliphatic carbocycles. The van der Waals surface area contributed by atoms with Crippen molar-refractivity contribution in [3.05, 3.63) is 22.8 Å². The van der Waals surface area contributed by atoms with Gasteiger partial charge in [-0.05, 0) is 44.7 Å². The number of likely N-dealkylation sites (tertiary alicyclic amines) is 1. The fourth-order valence-corrected chi connectivity index (χ4v) is 3.84. The van der Waals surface area contributed by atoms with E-state index < -0.39 is 0 Å². The molecule has 0 unspecified atom stereocenters. The summed E-state index contributed by atoms with van der Waals surface area (Å²) < 4.78 is 5.36. The topological polar surface area (TPSA) is 67.1 Å². The maximum absolute atomic E-state index is 5.36. The number of hydrogen-bond donors (Lipinski definition) is 1. The van der Waals surface area contributed by atoms with Gasteiger partial charge in [0.2, 0.25) is 5.89 Å². The Morgan fingerprint density at radius 2 is 2.09 bits per heavy atom. The van der Waals surface area contributed by atoms with E-state index in [2.05, 4.69) is 30.7 Å². The summed E-state index contributed by atoms with van der Waals surface area (Å²) in [6.07, 6.45) is 5.80. The van der Waals surface area contributed by atoms with Gasteiger partial charge in [-0.15, -0.1) is 11.3 Å². The molecule has 3 heterocycles. The number of hydrogen-bond acceptors (Lipinski definition) is 7. The van der Waals surface area contributed by atoms with E-state index in [0.717, 1.165) is 42.9 Å². The SMILES string of the molecule is CNc1nc(CN2CCC(Cc3noc(C4CC4)n3)CC2)cs1. The molecular weight excluding hydrogens is 310 g/mol. The van der Waals surface area contributed by atoms with Crippen LogP contribution in [-0.2, 0) is 13.0 Å². The third-order valence-electron chi connectivity index (χ3n) is 4.74. The van der Waals surface area contributed by atoms with Crippen molar-refractivity contribution in [1.29, 1.82) is 0 Å². The van der Waals surface area contributed by atoms with Gasteiger partial charge in [-0.2, -0.15) is 4.98 Å². The second kappa shape index (κ2) is 6.57. The van der Waals surface area contributed by atoms with Crippen molar-refractivity contribution in [3.8, 4) is 0 Å². The highest BCUT2D eigenvalue weighted by Crippen LogP contribution is 2.39. The molecule has 124 valence electrons. The van der Waals surface area contributed by atoms with Gasteiger partial charge >= 0.3 is 0 Å². The van der Waals surface area contributed by atoms with Gasteiger partial charge < -0.3 is 9.84 Å². The molecule has 2 aromatic rings. The molecule has 0 atom stereocenters. The van der Waals surface area contributed by atoms with Gasteiger partial charge in [0.25, 0.3) is 0 Å². The highest BCUT2D eigenvalue weighted by atomic mass is 32.1. The number of nitrogens with zero attached hydrogens (tertiary/aromatic N) is 4. The molecule has 2 aliphatic rings. The van der Waals surface area contributed by atoms with Crippen LogP contribution in [0.2, 0.25) is 0 Å². The van der Waals surface area contributed by atoms with Gasteiger partial charge in [-0.1, -0.05) is 5.16 Å². The van der Waals surface area contributed by atoms with Crippen LogP contribution in [-0.4, -0.2) is 40.2 Å². The van der Waals surface area contributed by atoms with Gasteiger partial charge in [0.05, 0.1) is 5.69 Å². The first-order valence-electron chi connectivity index (χ1n) is 8.47. The molecule has 1 saturated heterocycles. The Hall–Kier alpha value is -1.47. The largest absolute Gasteiger partial charge is 0.365 e. The van der Waals surface area contributed by atoms with Crippen LogP contribution in [0.1, 0.15) is 49.0 Å². The molecule has 2 fully saturated rings. The van der Waals surface area contributed by atoms with Crippen molar-refractivity contribution >= 4 is 16.5 Å². The Labute approximate surface area is 140 Å². The first-order valence-corrected chi connectivity index (χ1v) is 9.35. The molecule has 0 radical (unpaired) electrons.